The normalized spacial score (nSPS) is 28.1. The van der Waals surface area contributed by atoms with Crippen LogP contribution in [0.1, 0.15) is 47.0 Å². The van der Waals surface area contributed by atoms with Crippen LogP contribution in [0.25, 0.3) is 0 Å². The van der Waals surface area contributed by atoms with Gasteiger partial charge in [-0.25, -0.2) is 0 Å². The zero-order valence-corrected chi connectivity index (χ0v) is 11.1. The van der Waals surface area contributed by atoms with Crippen molar-refractivity contribution in [1.82, 2.24) is 10.2 Å². The maximum atomic E-state index is 8.81. The van der Waals surface area contributed by atoms with Crippen molar-refractivity contribution in [3.63, 3.8) is 0 Å². The van der Waals surface area contributed by atoms with Gasteiger partial charge < -0.3 is 5.32 Å². The van der Waals surface area contributed by atoms with Gasteiger partial charge in [-0.2, -0.15) is 5.26 Å². The molecule has 0 amide bonds. The number of nitriles is 1. The molecule has 0 radical (unpaired) electrons. The first-order valence-electron chi connectivity index (χ1n) is 6.38. The molecule has 0 aliphatic carbocycles. The molecule has 92 valence electrons. The molecule has 1 aliphatic rings. The summed E-state index contributed by atoms with van der Waals surface area (Å²) >= 11 is 0. The van der Waals surface area contributed by atoms with Crippen LogP contribution in [0.5, 0.6) is 0 Å². The molecule has 0 saturated carbocycles. The van der Waals surface area contributed by atoms with E-state index >= 15 is 0 Å². The Morgan fingerprint density at radius 1 is 1.56 bits per heavy atom. The molecule has 3 nitrogen and oxygen atoms in total. The maximum Gasteiger partial charge on any atom is 0.0638 e. The highest BCUT2D eigenvalue weighted by molar-refractivity contribution is 4.94. The molecule has 2 atom stereocenters. The third kappa shape index (κ3) is 3.20. The van der Waals surface area contributed by atoms with E-state index in [0.717, 1.165) is 19.5 Å². The summed E-state index contributed by atoms with van der Waals surface area (Å²) in [6, 6.07) is 3.21. The van der Waals surface area contributed by atoms with Crippen molar-refractivity contribution in [2.24, 2.45) is 0 Å². The molecule has 3 heteroatoms. The molecule has 0 spiro atoms. The fraction of sp³-hybridized carbons (Fsp3) is 0.923. The van der Waals surface area contributed by atoms with Gasteiger partial charge in [-0.05, 0) is 40.2 Å². The standard InChI is InChI=1S/C13H25N3/c1-5-11(2)16-10-12(6-8-14)15-9-7-13(16,3)4/h11-12,15H,5-7,9-10H2,1-4H3. The summed E-state index contributed by atoms with van der Waals surface area (Å²) in [4.78, 5) is 2.56. The molecule has 16 heavy (non-hydrogen) atoms. The van der Waals surface area contributed by atoms with Crippen LogP contribution in [0, 0.1) is 11.3 Å². The van der Waals surface area contributed by atoms with Gasteiger partial charge >= 0.3 is 0 Å². The van der Waals surface area contributed by atoms with E-state index in [1.165, 1.54) is 6.42 Å². The Morgan fingerprint density at radius 3 is 2.81 bits per heavy atom. The van der Waals surface area contributed by atoms with Gasteiger partial charge in [0.2, 0.25) is 0 Å². The average Bonchev–Trinajstić information content (AvgIpc) is 2.37. The van der Waals surface area contributed by atoms with Crippen molar-refractivity contribution in [2.45, 2.75) is 64.6 Å². The van der Waals surface area contributed by atoms with Gasteiger partial charge in [0.25, 0.3) is 0 Å². The van der Waals surface area contributed by atoms with E-state index < -0.39 is 0 Å². The highest BCUT2D eigenvalue weighted by Crippen LogP contribution is 2.25. The van der Waals surface area contributed by atoms with Gasteiger partial charge in [-0.1, -0.05) is 6.92 Å². The predicted molar refractivity (Wildman–Crippen MR) is 67.2 cm³/mol. The first kappa shape index (κ1) is 13.5. The summed E-state index contributed by atoms with van der Waals surface area (Å²) in [5.41, 5.74) is 0.243. The lowest BCUT2D eigenvalue weighted by atomic mass is 9.96. The molecule has 0 bridgehead atoms. The second-order valence-corrected chi connectivity index (χ2v) is 5.49. The topological polar surface area (TPSA) is 39.1 Å². The van der Waals surface area contributed by atoms with Crippen LogP contribution in [0.4, 0.5) is 0 Å². The van der Waals surface area contributed by atoms with Crippen molar-refractivity contribution in [3.05, 3.63) is 0 Å². The Labute approximate surface area is 99.8 Å². The lowest BCUT2D eigenvalue weighted by molar-refractivity contribution is 0.0741. The van der Waals surface area contributed by atoms with Crippen molar-refractivity contribution < 1.29 is 0 Å². The predicted octanol–water partition coefficient (Wildman–Crippen LogP) is 2.14. The highest BCUT2D eigenvalue weighted by atomic mass is 15.2. The van der Waals surface area contributed by atoms with Crippen molar-refractivity contribution in [1.29, 1.82) is 5.26 Å². The summed E-state index contributed by atoms with van der Waals surface area (Å²) in [5.74, 6) is 0. The number of nitrogens with one attached hydrogen (secondary N) is 1. The van der Waals surface area contributed by atoms with Crippen molar-refractivity contribution in [3.8, 4) is 6.07 Å². The van der Waals surface area contributed by atoms with Gasteiger partial charge in [-0.15, -0.1) is 0 Å². The Kier molecular flexibility index (Phi) is 4.76. The maximum absolute atomic E-state index is 8.81. The van der Waals surface area contributed by atoms with Gasteiger partial charge in [-0.3, -0.25) is 4.90 Å². The quantitative estimate of drug-likeness (QED) is 0.796. The van der Waals surface area contributed by atoms with Gasteiger partial charge in [0.05, 0.1) is 12.5 Å². The zero-order chi connectivity index (χ0) is 12.2. The summed E-state index contributed by atoms with van der Waals surface area (Å²) in [5, 5.41) is 12.3. The SMILES string of the molecule is CCC(C)N1CC(CC#N)NCCC1(C)C. The van der Waals surface area contributed by atoms with Gasteiger partial charge in [0.1, 0.15) is 0 Å². The van der Waals surface area contributed by atoms with Crippen molar-refractivity contribution in [2.75, 3.05) is 13.1 Å². The minimum absolute atomic E-state index is 0.243. The van der Waals surface area contributed by atoms with Gasteiger partial charge in [0, 0.05) is 24.2 Å². The molecule has 1 fully saturated rings. The third-order valence-electron chi connectivity index (χ3n) is 3.82. The van der Waals surface area contributed by atoms with E-state index in [9.17, 15) is 0 Å². The van der Waals surface area contributed by atoms with E-state index in [4.69, 9.17) is 5.26 Å². The Hall–Kier alpha value is -0.590. The van der Waals surface area contributed by atoms with E-state index in [0.29, 0.717) is 18.5 Å². The molecular formula is C13H25N3. The van der Waals surface area contributed by atoms with Crippen LogP contribution < -0.4 is 5.32 Å². The molecule has 1 saturated heterocycles. The van der Waals surface area contributed by atoms with E-state index in [1.807, 2.05) is 0 Å². The van der Waals surface area contributed by atoms with Crippen LogP contribution >= 0.6 is 0 Å². The largest absolute Gasteiger partial charge is 0.312 e. The molecule has 1 aliphatic heterocycles. The lowest BCUT2D eigenvalue weighted by Crippen LogP contribution is -2.50. The lowest BCUT2D eigenvalue weighted by Gasteiger charge is -2.41. The molecule has 0 aromatic heterocycles. The second-order valence-electron chi connectivity index (χ2n) is 5.49. The van der Waals surface area contributed by atoms with Crippen molar-refractivity contribution >= 4 is 0 Å². The summed E-state index contributed by atoms with van der Waals surface area (Å²) in [7, 11) is 0. The molecule has 2 unspecified atom stereocenters. The fourth-order valence-corrected chi connectivity index (χ4v) is 2.52. The monoisotopic (exact) mass is 223 g/mol. The third-order valence-corrected chi connectivity index (χ3v) is 3.82. The summed E-state index contributed by atoms with van der Waals surface area (Å²) in [6.07, 6.45) is 2.94. The van der Waals surface area contributed by atoms with Crippen LogP contribution in [0.3, 0.4) is 0 Å². The number of hydrogen-bond acceptors (Lipinski definition) is 3. The smallest absolute Gasteiger partial charge is 0.0638 e. The average molecular weight is 223 g/mol. The molecule has 0 aromatic rings. The van der Waals surface area contributed by atoms with Crippen LogP contribution in [0.2, 0.25) is 0 Å². The molecule has 1 N–H and O–H groups in total. The molecular weight excluding hydrogens is 198 g/mol. The summed E-state index contributed by atoms with van der Waals surface area (Å²) in [6.45, 7) is 11.2. The minimum atomic E-state index is 0.243. The van der Waals surface area contributed by atoms with E-state index in [-0.39, 0.29) is 5.54 Å². The van der Waals surface area contributed by atoms with Crippen LogP contribution in [-0.4, -0.2) is 35.6 Å². The second kappa shape index (κ2) is 5.65. The van der Waals surface area contributed by atoms with E-state index in [2.05, 4.69) is 44.0 Å². The molecule has 1 heterocycles. The Morgan fingerprint density at radius 2 is 2.25 bits per heavy atom. The number of hydrogen-bond donors (Lipinski definition) is 1. The zero-order valence-electron chi connectivity index (χ0n) is 11.1. The minimum Gasteiger partial charge on any atom is -0.312 e. The first-order chi connectivity index (χ1) is 7.51. The Balaban J connectivity index is 2.76. The van der Waals surface area contributed by atoms with Gasteiger partial charge in [0.15, 0.2) is 0 Å². The fourth-order valence-electron chi connectivity index (χ4n) is 2.52. The Bertz CT molecular complexity index is 254. The van der Waals surface area contributed by atoms with Crippen LogP contribution in [-0.2, 0) is 0 Å². The highest BCUT2D eigenvalue weighted by Gasteiger charge is 2.33. The first-order valence-corrected chi connectivity index (χ1v) is 6.38. The number of nitrogens with zero attached hydrogens (tertiary/aromatic N) is 2. The summed E-state index contributed by atoms with van der Waals surface area (Å²) < 4.78 is 0. The van der Waals surface area contributed by atoms with E-state index in [1.54, 1.807) is 0 Å². The number of rotatable bonds is 3. The van der Waals surface area contributed by atoms with Crippen LogP contribution in [0.15, 0.2) is 0 Å². The molecule has 0 aromatic carbocycles. The molecule has 1 rings (SSSR count).